The van der Waals surface area contributed by atoms with Gasteiger partial charge >= 0.3 is 0 Å². The van der Waals surface area contributed by atoms with Gasteiger partial charge in [0, 0.05) is 12.6 Å². The van der Waals surface area contributed by atoms with Crippen molar-refractivity contribution in [3.63, 3.8) is 0 Å². The van der Waals surface area contributed by atoms with Crippen molar-refractivity contribution >= 4 is 33.3 Å². The van der Waals surface area contributed by atoms with Gasteiger partial charge in [0.2, 0.25) is 5.95 Å². The highest BCUT2D eigenvalue weighted by Crippen LogP contribution is 2.26. The normalized spacial score (nSPS) is 12.9. The van der Waals surface area contributed by atoms with Crippen molar-refractivity contribution < 1.29 is 0 Å². The van der Waals surface area contributed by atoms with Crippen molar-refractivity contribution in [2.75, 3.05) is 31.4 Å². The van der Waals surface area contributed by atoms with Crippen LogP contribution in [0.3, 0.4) is 0 Å². The van der Waals surface area contributed by atoms with Gasteiger partial charge in [0.15, 0.2) is 0 Å². The Morgan fingerprint density at radius 1 is 1.44 bits per heavy atom. The van der Waals surface area contributed by atoms with Gasteiger partial charge in [-0.05, 0) is 32.5 Å². The lowest BCUT2D eigenvalue weighted by Crippen LogP contribution is -2.31. The Morgan fingerprint density at radius 3 is 2.89 bits per heavy atom. The molecular weight excluding hydrogens is 248 g/mol. The zero-order chi connectivity index (χ0) is 13.1. The molecule has 1 unspecified atom stereocenters. The monoisotopic (exact) mass is 266 g/mol. The summed E-state index contributed by atoms with van der Waals surface area (Å²) in [7, 11) is 4.11. The highest BCUT2D eigenvalue weighted by Gasteiger charge is 2.10. The van der Waals surface area contributed by atoms with E-state index in [1.807, 2.05) is 11.4 Å². The zero-order valence-corrected chi connectivity index (χ0v) is 11.6. The summed E-state index contributed by atoms with van der Waals surface area (Å²) in [6.07, 6.45) is 0. The quantitative estimate of drug-likeness (QED) is 0.560. The Bertz CT molecular complexity index is 523. The molecule has 2 rings (SSSR count). The Kier molecular flexibility index (Phi) is 3.95. The number of aromatic nitrogens is 2. The third kappa shape index (κ3) is 2.69. The molecule has 2 aromatic heterocycles. The van der Waals surface area contributed by atoms with Crippen LogP contribution in [0.25, 0.3) is 10.2 Å². The summed E-state index contributed by atoms with van der Waals surface area (Å²) in [4.78, 5) is 11.7. The van der Waals surface area contributed by atoms with Gasteiger partial charge in [-0.15, -0.1) is 11.3 Å². The average Bonchev–Trinajstić information content (AvgIpc) is 2.83. The number of anilines is 2. The molecule has 6 nitrogen and oxygen atoms in total. The van der Waals surface area contributed by atoms with E-state index in [1.165, 1.54) is 0 Å². The van der Waals surface area contributed by atoms with Crippen LogP contribution in [0.15, 0.2) is 11.4 Å². The first kappa shape index (κ1) is 13.0. The fourth-order valence-electron chi connectivity index (χ4n) is 1.48. The lowest BCUT2D eigenvalue weighted by atomic mass is 10.3. The lowest BCUT2D eigenvalue weighted by Gasteiger charge is -2.20. The number of likely N-dealkylation sites (N-methyl/N-ethyl adjacent to an activating group) is 1. The molecule has 0 radical (unpaired) electrons. The topological polar surface area (TPSA) is 79.1 Å². The number of nitrogen functional groups attached to an aromatic ring is 1. The molecule has 0 spiro atoms. The third-order valence-corrected chi connectivity index (χ3v) is 3.71. The summed E-state index contributed by atoms with van der Waals surface area (Å²) in [6, 6.07) is 2.44. The smallest absolute Gasteiger partial charge is 0.240 e. The number of nitrogens with one attached hydrogen (secondary N) is 2. The molecule has 0 aliphatic carbocycles. The van der Waals surface area contributed by atoms with Crippen LogP contribution in [-0.4, -0.2) is 41.5 Å². The molecule has 0 aromatic carbocycles. The van der Waals surface area contributed by atoms with E-state index < -0.39 is 0 Å². The van der Waals surface area contributed by atoms with Crippen molar-refractivity contribution in [2.24, 2.45) is 5.84 Å². The maximum absolute atomic E-state index is 5.38. The molecule has 2 heterocycles. The van der Waals surface area contributed by atoms with E-state index in [9.17, 15) is 0 Å². The molecule has 0 aliphatic rings. The van der Waals surface area contributed by atoms with Gasteiger partial charge in [-0.2, -0.15) is 4.98 Å². The number of nitrogens with zero attached hydrogens (tertiary/aromatic N) is 3. The van der Waals surface area contributed by atoms with Crippen LogP contribution < -0.4 is 16.6 Å². The molecule has 1 atom stereocenters. The van der Waals surface area contributed by atoms with E-state index in [0.29, 0.717) is 12.0 Å². The van der Waals surface area contributed by atoms with Crippen LogP contribution >= 0.6 is 11.3 Å². The lowest BCUT2D eigenvalue weighted by molar-refractivity contribution is 0.326. The number of thiophene rings is 1. The van der Waals surface area contributed by atoms with Gasteiger partial charge in [-0.1, -0.05) is 0 Å². The number of nitrogens with two attached hydrogens (primary N) is 1. The van der Waals surface area contributed by atoms with Crippen molar-refractivity contribution in [3.05, 3.63) is 11.4 Å². The second-order valence-corrected chi connectivity index (χ2v) is 5.27. The second kappa shape index (κ2) is 5.47. The molecule has 0 aliphatic heterocycles. The molecule has 0 bridgehead atoms. The van der Waals surface area contributed by atoms with E-state index in [1.54, 1.807) is 11.3 Å². The van der Waals surface area contributed by atoms with Crippen molar-refractivity contribution in [3.8, 4) is 0 Å². The molecule has 18 heavy (non-hydrogen) atoms. The summed E-state index contributed by atoms with van der Waals surface area (Å²) in [5, 5.41) is 6.38. The molecule has 0 amide bonds. The van der Waals surface area contributed by atoms with Gasteiger partial charge in [0.25, 0.3) is 0 Å². The predicted molar refractivity (Wildman–Crippen MR) is 76.9 cm³/mol. The third-order valence-electron chi connectivity index (χ3n) is 2.90. The molecule has 0 saturated heterocycles. The maximum atomic E-state index is 5.38. The first-order chi connectivity index (χ1) is 8.61. The summed E-state index contributed by atoms with van der Waals surface area (Å²) in [6.45, 7) is 2.97. The zero-order valence-electron chi connectivity index (χ0n) is 10.8. The van der Waals surface area contributed by atoms with Crippen LogP contribution in [0.4, 0.5) is 11.8 Å². The Morgan fingerprint density at radius 2 is 2.22 bits per heavy atom. The van der Waals surface area contributed by atoms with E-state index >= 15 is 0 Å². The van der Waals surface area contributed by atoms with Crippen molar-refractivity contribution in [1.82, 2.24) is 14.9 Å². The van der Waals surface area contributed by atoms with Crippen molar-refractivity contribution in [2.45, 2.75) is 13.0 Å². The number of hydrogen-bond donors (Lipinski definition) is 3. The summed E-state index contributed by atoms with van der Waals surface area (Å²) in [5.41, 5.74) is 2.49. The van der Waals surface area contributed by atoms with E-state index in [2.05, 4.69) is 46.6 Å². The van der Waals surface area contributed by atoms with E-state index in [4.69, 9.17) is 5.84 Å². The summed E-state index contributed by atoms with van der Waals surface area (Å²) in [5.74, 6) is 6.63. The minimum absolute atomic E-state index is 0.419. The highest BCUT2D eigenvalue weighted by molar-refractivity contribution is 7.16. The first-order valence-electron chi connectivity index (χ1n) is 5.74. The van der Waals surface area contributed by atoms with Gasteiger partial charge in [0.1, 0.15) is 10.6 Å². The molecular formula is C11H18N6S. The van der Waals surface area contributed by atoms with E-state index in [0.717, 1.165) is 22.6 Å². The summed E-state index contributed by atoms with van der Waals surface area (Å²) >= 11 is 1.57. The highest BCUT2D eigenvalue weighted by atomic mass is 32.1. The van der Waals surface area contributed by atoms with Gasteiger partial charge in [-0.3, -0.25) is 5.43 Å². The largest absolute Gasteiger partial charge is 0.368 e. The predicted octanol–water partition coefficient (Wildman–Crippen LogP) is 1.34. The van der Waals surface area contributed by atoms with Crippen LogP contribution in [0.2, 0.25) is 0 Å². The van der Waals surface area contributed by atoms with Crippen LogP contribution in [0, 0.1) is 0 Å². The maximum Gasteiger partial charge on any atom is 0.240 e. The first-order valence-corrected chi connectivity index (χ1v) is 6.62. The van der Waals surface area contributed by atoms with Gasteiger partial charge in [0.05, 0.1) is 5.39 Å². The molecule has 0 saturated carbocycles. The standard InChI is InChI=1S/C11H18N6S/c1-7(17(2)3)6-13-9-8-4-5-18-10(8)15-11(14-9)16-12/h4-5,7H,6,12H2,1-3H3,(H2,13,14,15,16). The molecule has 2 aromatic rings. The summed E-state index contributed by atoms with van der Waals surface area (Å²) < 4.78 is 0. The van der Waals surface area contributed by atoms with Gasteiger partial charge in [-0.25, -0.2) is 10.8 Å². The Labute approximate surface area is 110 Å². The molecule has 0 fully saturated rings. The minimum atomic E-state index is 0.419. The van der Waals surface area contributed by atoms with E-state index in [-0.39, 0.29) is 0 Å². The van der Waals surface area contributed by atoms with Crippen LogP contribution in [0.5, 0.6) is 0 Å². The molecule has 98 valence electrons. The molecule has 4 N–H and O–H groups in total. The number of rotatable bonds is 5. The molecule has 7 heteroatoms. The number of hydrogen-bond acceptors (Lipinski definition) is 7. The van der Waals surface area contributed by atoms with Crippen LogP contribution in [0.1, 0.15) is 6.92 Å². The Balaban J connectivity index is 2.23. The number of hydrazine groups is 1. The fraction of sp³-hybridized carbons (Fsp3) is 0.455. The second-order valence-electron chi connectivity index (χ2n) is 4.37. The van der Waals surface area contributed by atoms with Crippen LogP contribution in [-0.2, 0) is 0 Å². The minimum Gasteiger partial charge on any atom is -0.368 e. The SMILES string of the molecule is CC(CNc1nc(NN)nc2sccc12)N(C)C. The number of fused-ring (bicyclic) bond motifs is 1. The van der Waals surface area contributed by atoms with Gasteiger partial charge < -0.3 is 10.2 Å². The Hall–Kier alpha value is -1.44. The van der Waals surface area contributed by atoms with Crippen molar-refractivity contribution in [1.29, 1.82) is 0 Å². The average molecular weight is 266 g/mol. The fourth-order valence-corrected chi connectivity index (χ4v) is 2.25.